The average Bonchev–Trinajstić information content (AvgIpc) is 2.70. The van der Waals surface area contributed by atoms with Crippen LogP contribution in [0.3, 0.4) is 0 Å². The van der Waals surface area contributed by atoms with Crippen molar-refractivity contribution < 1.29 is 14.2 Å². The van der Waals surface area contributed by atoms with E-state index in [-0.39, 0.29) is 28.3 Å². The molecule has 4 nitrogen and oxygen atoms in total. The minimum absolute atomic E-state index is 0.129. The predicted octanol–water partition coefficient (Wildman–Crippen LogP) is 6.60. The summed E-state index contributed by atoms with van der Waals surface area (Å²) in [5.41, 5.74) is 8.12. The molecule has 0 radical (unpaired) electrons. The first-order valence-electron chi connectivity index (χ1n) is 12.4. The summed E-state index contributed by atoms with van der Waals surface area (Å²) in [6.07, 6.45) is 4.57. The van der Waals surface area contributed by atoms with E-state index in [1.165, 1.54) is 17.5 Å². The van der Waals surface area contributed by atoms with Crippen molar-refractivity contribution in [3.05, 3.63) is 35.4 Å². The third-order valence-corrected chi connectivity index (χ3v) is 6.94. The Morgan fingerprint density at radius 1 is 0.969 bits per heavy atom. The summed E-state index contributed by atoms with van der Waals surface area (Å²) >= 11 is 0. The molecule has 1 aliphatic rings. The minimum Gasteiger partial charge on any atom is -0.375 e. The molecule has 0 amide bonds. The molecule has 4 heteroatoms. The predicted molar refractivity (Wildman–Crippen MR) is 134 cm³/mol. The van der Waals surface area contributed by atoms with Crippen molar-refractivity contribution in [1.29, 1.82) is 0 Å². The third-order valence-electron chi connectivity index (χ3n) is 6.94. The van der Waals surface area contributed by atoms with Crippen molar-refractivity contribution in [2.24, 2.45) is 11.1 Å². The van der Waals surface area contributed by atoms with E-state index in [1.807, 2.05) is 0 Å². The van der Waals surface area contributed by atoms with Gasteiger partial charge in [0.25, 0.3) is 0 Å². The van der Waals surface area contributed by atoms with E-state index in [0.29, 0.717) is 19.1 Å². The molecular formula is C28H49NO3. The highest BCUT2D eigenvalue weighted by Crippen LogP contribution is 2.40. The first-order chi connectivity index (χ1) is 14.6. The molecule has 1 fully saturated rings. The Morgan fingerprint density at radius 3 is 2.12 bits per heavy atom. The van der Waals surface area contributed by atoms with Crippen molar-refractivity contribution in [2.75, 3.05) is 13.2 Å². The van der Waals surface area contributed by atoms with Gasteiger partial charge >= 0.3 is 0 Å². The zero-order valence-electron chi connectivity index (χ0n) is 22.2. The minimum atomic E-state index is -0.368. The van der Waals surface area contributed by atoms with Gasteiger partial charge in [0.1, 0.15) is 0 Å². The Balaban J connectivity index is 1.89. The van der Waals surface area contributed by atoms with Gasteiger partial charge in [0.2, 0.25) is 0 Å². The van der Waals surface area contributed by atoms with Crippen LogP contribution in [-0.4, -0.2) is 36.1 Å². The maximum atomic E-state index is 6.30. The molecule has 0 aliphatic carbocycles. The largest absolute Gasteiger partial charge is 0.375 e. The van der Waals surface area contributed by atoms with Crippen molar-refractivity contribution in [1.82, 2.24) is 0 Å². The lowest BCUT2D eigenvalue weighted by Gasteiger charge is -2.39. The zero-order chi connectivity index (χ0) is 24.2. The van der Waals surface area contributed by atoms with Gasteiger partial charge in [-0.1, -0.05) is 45.0 Å². The van der Waals surface area contributed by atoms with Crippen LogP contribution < -0.4 is 5.73 Å². The molecule has 1 saturated heterocycles. The highest BCUT2D eigenvalue weighted by molar-refractivity contribution is 5.26. The van der Waals surface area contributed by atoms with E-state index < -0.39 is 0 Å². The van der Waals surface area contributed by atoms with Crippen molar-refractivity contribution >= 4 is 0 Å². The number of nitrogens with two attached hydrogens (primary N) is 1. The van der Waals surface area contributed by atoms with Crippen LogP contribution in [0.15, 0.2) is 24.3 Å². The SMILES string of the molecule is CC(c1ccc(COC(C)(C)COC(C)(C)C2CCCCO2)cc1)C(C)(C)CC(C)(C)N. The highest BCUT2D eigenvalue weighted by atomic mass is 16.6. The van der Waals surface area contributed by atoms with Gasteiger partial charge < -0.3 is 19.9 Å². The van der Waals surface area contributed by atoms with Crippen LogP contribution in [0.4, 0.5) is 0 Å². The number of ether oxygens (including phenoxy) is 3. The van der Waals surface area contributed by atoms with Gasteiger partial charge in [0.05, 0.1) is 30.5 Å². The van der Waals surface area contributed by atoms with Crippen molar-refractivity contribution in [3.63, 3.8) is 0 Å². The molecule has 184 valence electrons. The van der Waals surface area contributed by atoms with Crippen LogP contribution in [0.5, 0.6) is 0 Å². The number of benzene rings is 1. The molecule has 0 aromatic heterocycles. The molecule has 1 aromatic carbocycles. The first-order valence-corrected chi connectivity index (χ1v) is 12.4. The smallest absolute Gasteiger partial charge is 0.0888 e. The Hall–Kier alpha value is -0.940. The summed E-state index contributed by atoms with van der Waals surface area (Å²) in [5, 5.41) is 0. The van der Waals surface area contributed by atoms with Crippen LogP contribution in [0.1, 0.15) is 105 Å². The fourth-order valence-electron chi connectivity index (χ4n) is 4.74. The molecular weight excluding hydrogens is 398 g/mol. The second kappa shape index (κ2) is 10.5. The van der Waals surface area contributed by atoms with E-state index in [9.17, 15) is 0 Å². The molecule has 2 unspecified atom stereocenters. The molecule has 2 atom stereocenters. The second-order valence-corrected chi connectivity index (χ2v) is 12.4. The molecule has 0 bridgehead atoms. The van der Waals surface area contributed by atoms with Crippen molar-refractivity contribution in [3.8, 4) is 0 Å². The lowest BCUT2D eigenvalue weighted by Crippen LogP contribution is -2.46. The summed E-state index contributed by atoms with van der Waals surface area (Å²) in [4.78, 5) is 0. The van der Waals surface area contributed by atoms with E-state index >= 15 is 0 Å². The Bertz CT molecular complexity index is 694. The Labute approximate surface area is 197 Å². The lowest BCUT2D eigenvalue weighted by atomic mass is 9.69. The van der Waals surface area contributed by atoms with Crippen molar-refractivity contribution in [2.45, 2.75) is 123 Å². The molecule has 1 aromatic rings. The van der Waals surface area contributed by atoms with Gasteiger partial charge in [-0.2, -0.15) is 0 Å². The molecule has 2 N–H and O–H groups in total. The van der Waals surface area contributed by atoms with Gasteiger partial charge in [-0.3, -0.25) is 0 Å². The average molecular weight is 448 g/mol. The monoisotopic (exact) mass is 447 g/mol. The summed E-state index contributed by atoms with van der Waals surface area (Å²) < 4.78 is 18.5. The van der Waals surface area contributed by atoms with E-state index in [4.69, 9.17) is 19.9 Å². The Morgan fingerprint density at radius 2 is 1.59 bits per heavy atom. The van der Waals surface area contributed by atoms with Crippen LogP contribution in [0.2, 0.25) is 0 Å². The van der Waals surface area contributed by atoms with E-state index in [1.54, 1.807) is 0 Å². The molecule has 0 spiro atoms. The van der Waals surface area contributed by atoms with Gasteiger partial charge in [0.15, 0.2) is 0 Å². The summed E-state index contributed by atoms with van der Waals surface area (Å²) in [5.74, 6) is 0.425. The topological polar surface area (TPSA) is 53.7 Å². The molecule has 1 aliphatic heterocycles. The summed E-state index contributed by atoms with van der Waals surface area (Å²) in [6.45, 7) is 21.5. The Kier molecular flexibility index (Phi) is 9.00. The van der Waals surface area contributed by atoms with Crippen LogP contribution in [-0.2, 0) is 20.8 Å². The molecule has 32 heavy (non-hydrogen) atoms. The van der Waals surface area contributed by atoms with Gasteiger partial charge in [-0.25, -0.2) is 0 Å². The highest BCUT2D eigenvalue weighted by Gasteiger charge is 2.35. The summed E-state index contributed by atoms with van der Waals surface area (Å²) in [6, 6.07) is 8.85. The molecule has 0 saturated carbocycles. The normalized spacial score (nSPS) is 19.8. The van der Waals surface area contributed by atoms with Crippen LogP contribution in [0.25, 0.3) is 0 Å². The zero-order valence-corrected chi connectivity index (χ0v) is 22.2. The fourth-order valence-corrected chi connectivity index (χ4v) is 4.74. The quantitative estimate of drug-likeness (QED) is 0.415. The van der Waals surface area contributed by atoms with Gasteiger partial charge in [-0.15, -0.1) is 0 Å². The fraction of sp³-hybridized carbons (Fsp3) is 0.786. The third kappa shape index (κ3) is 8.44. The molecule has 1 heterocycles. The number of hydrogen-bond acceptors (Lipinski definition) is 4. The maximum Gasteiger partial charge on any atom is 0.0888 e. The molecule has 2 rings (SSSR count). The number of rotatable bonds is 11. The first kappa shape index (κ1) is 27.3. The maximum absolute atomic E-state index is 6.30. The van der Waals surface area contributed by atoms with E-state index in [0.717, 1.165) is 25.9 Å². The summed E-state index contributed by atoms with van der Waals surface area (Å²) in [7, 11) is 0. The van der Waals surface area contributed by atoms with Crippen LogP contribution >= 0.6 is 0 Å². The van der Waals surface area contributed by atoms with Gasteiger partial charge in [0, 0.05) is 12.1 Å². The van der Waals surface area contributed by atoms with Crippen LogP contribution in [0, 0.1) is 5.41 Å². The second-order valence-electron chi connectivity index (χ2n) is 12.4. The van der Waals surface area contributed by atoms with Gasteiger partial charge in [-0.05, 0) is 89.7 Å². The van der Waals surface area contributed by atoms with E-state index in [2.05, 4.69) is 86.6 Å². The number of hydrogen-bond donors (Lipinski definition) is 1. The standard InChI is InChI=1S/C28H49NO3/c1-21(25(2,3)19-26(4,5)29)23-15-13-22(14-16-23)18-31-27(6,7)20-32-28(8,9)24-12-10-11-17-30-24/h13-16,21,24H,10-12,17-20,29H2,1-9H3. The lowest BCUT2D eigenvalue weighted by molar-refractivity contribution is -0.178.